The number of benzene rings is 2. The van der Waals surface area contributed by atoms with Crippen LogP contribution in [-0.2, 0) is 10.0 Å². The maximum atomic E-state index is 12.8. The summed E-state index contributed by atoms with van der Waals surface area (Å²) in [6.07, 6.45) is 0. The summed E-state index contributed by atoms with van der Waals surface area (Å²) in [5, 5.41) is 10.0. The number of ether oxygens (including phenoxy) is 1. The van der Waals surface area contributed by atoms with Crippen LogP contribution in [0.3, 0.4) is 0 Å². The van der Waals surface area contributed by atoms with Crippen molar-refractivity contribution in [2.75, 3.05) is 20.2 Å². The van der Waals surface area contributed by atoms with Crippen molar-refractivity contribution in [1.82, 2.24) is 9.29 Å². The summed E-state index contributed by atoms with van der Waals surface area (Å²) >= 11 is 0. The molecule has 0 spiro atoms. The molecule has 1 heterocycles. The molecule has 0 aliphatic heterocycles. The highest BCUT2D eigenvalue weighted by molar-refractivity contribution is 7.89. The zero-order valence-electron chi connectivity index (χ0n) is 16.4. The van der Waals surface area contributed by atoms with E-state index in [4.69, 9.17) is 4.74 Å². The standard InChI is InChI=1S/C21H22N2O5S/c1-4-23(5-2)29(26,27)14-10-11-18-16(12-14)17(21(24)25)13-19(22-18)15-8-6-7-9-20(15)28-3/h6-13H,4-5H2,1-3H3,(H,24,25). The molecule has 0 saturated carbocycles. The number of methoxy groups -OCH3 is 1. The molecule has 0 aliphatic rings. The second-order valence-electron chi connectivity index (χ2n) is 6.33. The molecule has 1 N–H and O–H groups in total. The van der Waals surface area contributed by atoms with E-state index in [-0.39, 0.29) is 15.8 Å². The molecule has 7 nitrogen and oxygen atoms in total. The first-order chi connectivity index (χ1) is 13.8. The van der Waals surface area contributed by atoms with E-state index >= 15 is 0 Å². The monoisotopic (exact) mass is 414 g/mol. The Kier molecular flexibility index (Phi) is 5.86. The minimum absolute atomic E-state index is 0.0208. The van der Waals surface area contributed by atoms with E-state index in [1.54, 1.807) is 26.0 Å². The minimum atomic E-state index is -3.72. The number of carboxylic acids is 1. The van der Waals surface area contributed by atoms with Crippen LogP contribution in [0.1, 0.15) is 24.2 Å². The Morgan fingerprint density at radius 3 is 2.41 bits per heavy atom. The third kappa shape index (κ3) is 3.81. The topological polar surface area (TPSA) is 96.8 Å². The average molecular weight is 414 g/mol. The number of aromatic nitrogens is 1. The number of nitrogens with zero attached hydrogens (tertiary/aromatic N) is 2. The normalized spacial score (nSPS) is 11.7. The van der Waals surface area contributed by atoms with Crippen LogP contribution in [0.4, 0.5) is 0 Å². The number of para-hydroxylation sites is 1. The zero-order valence-corrected chi connectivity index (χ0v) is 17.2. The van der Waals surface area contributed by atoms with Crippen molar-refractivity contribution in [2.24, 2.45) is 0 Å². The molecule has 8 heteroatoms. The van der Waals surface area contributed by atoms with Crippen LogP contribution in [0.25, 0.3) is 22.2 Å². The number of aromatic carboxylic acids is 1. The van der Waals surface area contributed by atoms with Crippen LogP contribution in [0.5, 0.6) is 5.75 Å². The molecular weight excluding hydrogens is 392 g/mol. The Morgan fingerprint density at radius 2 is 1.79 bits per heavy atom. The van der Waals surface area contributed by atoms with E-state index in [0.29, 0.717) is 35.6 Å². The Labute approximate surface area is 169 Å². The van der Waals surface area contributed by atoms with Crippen molar-refractivity contribution >= 4 is 26.9 Å². The van der Waals surface area contributed by atoms with Crippen LogP contribution in [-0.4, -0.2) is 49.0 Å². The van der Waals surface area contributed by atoms with Crippen molar-refractivity contribution in [3.05, 3.63) is 54.1 Å². The molecule has 2 aromatic carbocycles. The number of hydrogen-bond donors (Lipinski definition) is 1. The molecule has 0 unspecified atom stereocenters. The van der Waals surface area contributed by atoms with Gasteiger partial charge in [-0.25, -0.2) is 18.2 Å². The summed E-state index contributed by atoms with van der Waals surface area (Å²) in [5.74, 6) is -0.595. The van der Waals surface area contributed by atoms with E-state index in [0.717, 1.165) is 0 Å². The molecule has 29 heavy (non-hydrogen) atoms. The third-order valence-electron chi connectivity index (χ3n) is 4.74. The largest absolute Gasteiger partial charge is 0.496 e. The van der Waals surface area contributed by atoms with Crippen LogP contribution in [0.2, 0.25) is 0 Å². The maximum absolute atomic E-state index is 12.8. The van der Waals surface area contributed by atoms with Gasteiger partial charge in [0.15, 0.2) is 0 Å². The smallest absolute Gasteiger partial charge is 0.336 e. The Morgan fingerprint density at radius 1 is 1.10 bits per heavy atom. The van der Waals surface area contributed by atoms with Crippen molar-refractivity contribution < 1.29 is 23.1 Å². The lowest BCUT2D eigenvalue weighted by Gasteiger charge is -2.19. The molecule has 0 radical (unpaired) electrons. The molecular formula is C21H22N2O5S. The van der Waals surface area contributed by atoms with Crippen molar-refractivity contribution in [3.8, 4) is 17.0 Å². The van der Waals surface area contributed by atoms with E-state index < -0.39 is 16.0 Å². The van der Waals surface area contributed by atoms with Gasteiger partial charge in [-0.05, 0) is 36.4 Å². The zero-order chi connectivity index (χ0) is 21.2. The van der Waals surface area contributed by atoms with Gasteiger partial charge >= 0.3 is 5.97 Å². The number of sulfonamides is 1. The predicted molar refractivity (Wildman–Crippen MR) is 111 cm³/mol. The lowest BCUT2D eigenvalue weighted by Crippen LogP contribution is -2.30. The number of carboxylic acid groups (broad SMARTS) is 1. The lowest BCUT2D eigenvalue weighted by atomic mass is 10.0. The fourth-order valence-electron chi connectivity index (χ4n) is 3.25. The first kappa shape index (κ1) is 20.8. The minimum Gasteiger partial charge on any atom is -0.496 e. The molecule has 0 saturated heterocycles. The van der Waals surface area contributed by atoms with Crippen LogP contribution >= 0.6 is 0 Å². The number of fused-ring (bicyclic) bond motifs is 1. The van der Waals surface area contributed by atoms with E-state index in [1.165, 1.54) is 35.7 Å². The van der Waals surface area contributed by atoms with Crippen molar-refractivity contribution in [2.45, 2.75) is 18.7 Å². The highest BCUT2D eigenvalue weighted by Crippen LogP contribution is 2.32. The molecule has 0 atom stereocenters. The van der Waals surface area contributed by atoms with Gasteiger partial charge in [0.2, 0.25) is 10.0 Å². The first-order valence-electron chi connectivity index (χ1n) is 9.15. The Balaban J connectivity index is 2.25. The van der Waals surface area contributed by atoms with Crippen LogP contribution in [0, 0.1) is 0 Å². The predicted octanol–water partition coefficient (Wildman–Crippen LogP) is 3.64. The molecule has 0 aliphatic carbocycles. The summed E-state index contributed by atoms with van der Waals surface area (Å²) in [6.45, 7) is 4.17. The summed E-state index contributed by atoms with van der Waals surface area (Å²) in [6, 6.07) is 13.0. The molecule has 0 amide bonds. The van der Waals surface area contributed by atoms with E-state index in [2.05, 4.69) is 4.98 Å². The fraction of sp³-hybridized carbons (Fsp3) is 0.238. The summed E-state index contributed by atoms with van der Waals surface area (Å²) in [7, 11) is -2.19. The highest BCUT2D eigenvalue weighted by atomic mass is 32.2. The van der Waals surface area contributed by atoms with E-state index in [9.17, 15) is 18.3 Å². The van der Waals surface area contributed by atoms with Crippen LogP contribution in [0.15, 0.2) is 53.4 Å². The van der Waals surface area contributed by atoms with Crippen molar-refractivity contribution in [1.29, 1.82) is 0 Å². The van der Waals surface area contributed by atoms with E-state index in [1.807, 2.05) is 12.1 Å². The second kappa shape index (κ2) is 8.18. The second-order valence-corrected chi connectivity index (χ2v) is 8.27. The number of carbonyl (C=O) groups is 1. The average Bonchev–Trinajstić information content (AvgIpc) is 2.73. The van der Waals surface area contributed by atoms with Gasteiger partial charge in [-0.2, -0.15) is 4.31 Å². The van der Waals surface area contributed by atoms with Crippen molar-refractivity contribution in [3.63, 3.8) is 0 Å². The third-order valence-corrected chi connectivity index (χ3v) is 6.78. The quantitative estimate of drug-likeness (QED) is 0.634. The molecule has 3 aromatic rings. The Hall–Kier alpha value is -2.97. The molecule has 152 valence electrons. The fourth-order valence-corrected chi connectivity index (χ4v) is 4.73. The van der Waals surface area contributed by atoms with Gasteiger partial charge in [0.05, 0.1) is 28.8 Å². The molecule has 0 bridgehead atoms. The molecule has 1 aromatic heterocycles. The number of rotatable bonds is 7. The van der Waals surface area contributed by atoms with Gasteiger partial charge in [-0.3, -0.25) is 0 Å². The summed E-state index contributed by atoms with van der Waals surface area (Å²) < 4.78 is 32.3. The number of hydrogen-bond acceptors (Lipinski definition) is 5. The Bertz CT molecular complexity index is 1170. The first-order valence-corrected chi connectivity index (χ1v) is 10.6. The maximum Gasteiger partial charge on any atom is 0.336 e. The summed E-state index contributed by atoms with van der Waals surface area (Å²) in [5.41, 5.74) is 1.46. The molecule has 0 fully saturated rings. The SMILES string of the molecule is CCN(CC)S(=O)(=O)c1ccc2nc(-c3ccccc3OC)cc(C(=O)O)c2c1. The van der Waals surface area contributed by atoms with Gasteiger partial charge in [0, 0.05) is 24.0 Å². The van der Waals surface area contributed by atoms with Gasteiger partial charge in [-0.15, -0.1) is 0 Å². The van der Waals surface area contributed by atoms with Crippen LogP contribution < -0.4 is 4.74 Å². The van der Waals surface area contributed by atoms with Gasteiger partial charge < -0.3 is 9.84 Å². The van der Waals surface area contributed by atoms with Gasteiger partial charge in [0.25, 0.3) is 0 Å². The highest BCUT2D eigenvalue weighted by Gasteiger charge is 2.23. The van der Waals surface area contributed by atoms with Gasteiger partial charge in [0.1, 0.15) is 5.75 Å². The molecule has 3 rings (SSSR count). The summed E-state index contributed by atoms with van der Waals surface area (Å²) in [4.78, 5) is 16.5. The number of pyridine rings is 1. The lowest BCUT2D eigenvalue weighted by molar-refractivity contribution is 0.0699. The van der Waals surface area contributed by atoms with Gasteiger partial charge in [-0.1, -0.05) is 26.0 Å².